The minimum atomic E-state index is 0.123. The largest absolute Gasteiger partial charge is 0.497 e. The maximum absolute atomic E-state index is 6.08. The molecule has 2 rings (SSSR count). The first-order valence-electron chi connectivity index (χ1n) is 8.49. The number of methoxy groups -OCH3 is 1. The summed E-state index contributed by atoms with van der Waals surface area (Å²) in [5, 5.41) is 3.17. The molecule has 3 N–H and O–H groups in total. The highest BCUT2D eigenvalue weighted by atomic mass is 16.5. The van der Waals surface area contributed by atoms with Crippen LogP contribution in [0, 0.1) is 0 Å². The number of rotatable bonds is 7. The number of likely N-dealkylation sites (N-methyl/N-ethyl adjacent to an activating group) is 1. The minimum Gasteiger partial charge on any atom is -0.497 e. The molecule has 1 unspecified atom stereocenters. The molecule has 0 fully saturated rings. The lowest BCUT2D eigenvalue weighted by Crippen LogP contribution is -2.27. The number of hydrogen-bond donors (Lipinski definition) is 2. The number of anilines is 1. The van der Waals surface area contributed by atoms with Gasteiger partial charge in [-0.3, -0.25) is 4.99 Å². The molecule has 5 nitrogen and oxygen atoms in total. The van der Waals surface area contributed by atoms with E-state index in [1.165, 1.54) is 5.56 Å². The maximum Gasteiger partial charge on any atom is 0.193 e. The highest BCUT2D eigenvalue weighted by Crippen LogP contribution is 2.23. The molecule has 0 amide bonds. The number of nitrogens with one attached hydrogen (secondary N) is 1. The highest BCUT2D eigenvalue weighted by Gasteiger charge is 2.14. The Labute approximate surface area is 150 Å². The SMILES string of the molecule is CCc1cccc(NC(N)=NCC(c2cccc(OC)c2)N(C)C)c1. The first-order valence-corrected chi connectivity index (χ1v) is 8.49. The first kappa shape index (κ1) is 18.8. The molecule has 0 aliphatic heterocycles. The summed E-state index contributed by atoms with van der Waals surface area (Å²) in [5.74, 6) is 1.26. The Bertz CT molecular complexity index is 712. The number of nitrogens with zero attached hydrogens (tertiary/aromatic N) is 2. The molecule has 0 bridgehead atoms. The molecule has 1 atom stereocenters. The second kappa shape index (κ2) is 9.08. The fourth-order valence-electron chi connectivity index (χ4n) is 2.66. The van der Waals surface area contributed by atoms with Gasteiger partial charge in [0.1, 0.15) is 5.75 Å². The van der Waals surface area contributed by atoms with Crippen LogP contribution in [0.1, 0.15) is 24.1 Å². The number of hydrogen-bond acceptors (Lipinski definition) is 3. The lowest BCUT2D eigenvalue weighted by atomic mass is 10.1. The average Bonchev–Trinajstić information content (AvgIpc) is 2.62. The van der Waals surface area contributed by atoms with E-state index >= 15 is 0 Å². The molecule has 134 valence electrons. The van der Waals surface area contributed by atoms with E-state index in [4.69, 9.17) is 10.5 Å². The van der Waals surface area contributed by atoms with Crippen LogP contribution < -0.4 is 15.8 Å². The molecule has 0 saturated carbocycles. The third kappa shape index (κ3) is 5.50. The third-order valence-electron chi connectivity index (χ3n) is 4.14. The summed E-state index contributed by atoms with van der Waals surface area (Å²) in [4.78, 5) is 6.66. The number of benzene rings is 2. The van der Waals surface area contributed by atoms with E-state index in [2.05, 4.69) is 40.3 Å². The standard InChI is InChI=1S/C20H28N4O/c1-5-15-8-6-10-17(12-15)23-20(21)22-14-19(24(2)3)16-9-7-11-18(13-16)25-4/h6-13,19H,5,14H2,1-4H3,(H3,21,22,23). The molecule has 0 saturated heterocycles. The summed E-state index contributed by atoms with van der Waals surface area (Å²) in [6.45, 7) is 2.69. The maximum atomic E-state index is 6.08. The van der Waals surface area contributed by atoms with Crippen LogP contribution in [0.4, 0.5) is 5.69 Å². The molecule has 0 spiro atoms. The predicted molar refractivity (Wildman–Crippen MR) is 105 cm³/mol. The number of guanidine groups is 1. The quantitative estimate of drug-likeness (QED) is 0.600. The Morgan fingerprint density at radius 1 is 1.20 bits per heavy atom. The van der Waals surface area contributed by atoms with Gasteiger partial charge < -0.3 is 20.7 Å². The van der Waals surface area contributed by atoms with Crippen molar-refractivity contribution in [2.75, 3.05) is 33.1 Å². The van der Waals surface area contributed by atoms with Gasteiger partial charge in [-0.2, -0.15) is 0 Å². The topological polar surface area (TPSA) is 62.9 Å². The van der Waals surface area contributed by atoms with Crippen molar-refractivity contribution in [3.63, 3.8) is 0 Å². The van der Waals surface area contributed by atoms with Gasteiger partial charge in [0.2, 0.25) is 0 Å². The smallest absolute Gasteiger partial charge is 0.193 e. The summed E-state index contributed by atoms with van der Waals surface area (Å²) < 4.78 is 5.32. The number of aryl methyl sites for hydroxylation is 1. The fraction of sp³-hybridized carbons (Fsp3) is 0.350. The van der Waals surface area contributed by atoms with Crippen molar-refractivity contribution in [2.45, 2.75) is 19.4 Å². The lowest BCUT2D eigenvalue weighted by molar-refractivity contribution is 0.305. The second-order valence-corrected chi connectivity index (χ2v) is 6.16. The number of ether oxygens (including phenoxy) is 1. The molecule has 2 aromatic rings. The third-order valence-corrected chi connectivity index (χ3v) is 4.14. The van der Waals surface area contributed by atoms with Crippen molar-refractivity contribution >= 4 is 11.6 Å². The minimum absolute atomic E-state index is 0.123. The lowest BCUT2D eigenvalue weighted by Gasteiger charge is -2.23. The van der Waals surface area contributed by atoms with Gasteiger partial charge in [-0.05, 0) is 55.9 Å². The van der Waals surface area contributed by atoms with E-state index < -0.39 is 0 Å². The van der Waals surface area contributed by atoms with E-state index in [1.54, 1.807) is 7.11 Å². The zero-order valence-electron chi connectivity index (χ0n) is 15.5. The molecule has 0 heterocycles. The monoisotopic (exact) mass is 340 g/mol. The van der Waals surface area contributed by atoms with Crippen LogP contribution in [0.2, 0.25) is 0 Å². The summed E-state index contributed by atoms with van der Waals surface area (Å²) in [6.07, 6.45) is 0.991. The van der Waals surface area contributed by atoms with Crippen molar-refractivity contribution in [3.05, 3.63) is 59.7 Å². The average molecular weight is 340 g/mol. The van der Waals surface area contributed by atoms with Gasteiger partial charge in [0.05, 0.1) is 19.7 Å². The van der Waals surface area contributed by atoms with Crippen LogP contribution >= 0.6 is 0 Å². The molecule has 0 aliphatic carbocycles. The van der Waals surface area contributed by atoms with Crippen molar-refractivity contribution in [1.82, 2.24) is 4.90 Å². The zero-order valence-corrected chi connectivity index (χ0v) is 15.5. The summed E-state index contributed by atoms with van der Waals surface area (Å²) >= 11 is 0. The van der Waals surface area contributed by atoms with Gasteiger partial charge in [0.15, 0.2) is 5.96 Å². The van der Waals surface area contributed by atoms with Crippen LogP contribution in [0.25, 0.3) is 0 Å². The fourth-order valence-corrected chi connectivity index (χ4v) is 2.66. The van der Waals surface area contributed by atoms with E-state index in [1.807, 2.05) is 44.4 Å². The summed E-state index contributed by atoms with van der Waals surface area (Å²) in [5.41, 5.74) is 9.45. The van der Waals surface area contributed by atoms with Gasteiger partial charge in [-0.15, -0.1) is 0 Å². The molecule has 5 heteroatoms. The first-order chi connectivity index (χ1) is 12.0. The van der Waals surface area contributed by atoms with E-state index in [0.717, 1.165) is 23.4 Å². The summed E-state index contributed by atoms with van der Waals surface area (Å²) in [6, 6.07) is 16.4. The molecule has 0 radical (unpaired) electrons. The molecular formula is C20H28N4O. The van der Waals surface area contributed by atoms with Crippen LogP contribution in [-0.4, -0.2) is 38.6 Å². The highest BCUT2D eigenvalue weighted by molar-refractivity contribution is 5.92. The molecular weight excluding hydrogens is 312 g/mol. The van der Waals surface area contributed by atoms with Gasteiger partial charge in [-0.25, -0.2) is 0 Å². The number of aliphatic imine (C=N–C) groups is 1. The van der Waals surface area contributed by atoms with Crippen LogP contribution in [0.5, 0.6) is 5.75 Å². The van der Waals surface area contributed by atoms with Gasteiger partial charge in [0.25, 0.3) is 0 Å². The predicted octanol–water partition coefficient (Wildman–Crippen LogP) is 3.29. The van der Waals surface area contributed by atoms with Gasteiger partial charge in [0, 0.05) is 5.69 Å². The Kier molecular flexibility index (Phi) is 6.83. The number of nitrogens with two attached hydrogens (primary N) is 1. The van der Waals surface area contributed by atoms with Gasteiger partial charge >= 0.3 is 0 Å². The zero-order chi connectivity index (χ0) is 18.2. The Balaban J connectivity index is 2.09. The second-order valence-electron chi connectivity index (χ2n) is 6.16. The molecule has 0 aliphatic rings. The van der Waals surface area contributed by atoms with Crippen LogP contribution in [0.15, 0.2) is 53.5 Å². The Hall–Kier alpha value is -2.53. The van der Waals surface area contributed by atoms with Gasteiger partial charge in [-0.1, -0.05) is 31.2 Å². The van der Waals surface area contributed by atoms with E-state index in [0.29, 0.717) is 12.5 Å². The van der Waals surface area contributed by atoms with E-state index in [-0.39, 0.29) is 6.04 Å². The van der Waals surface area contributed by atoms with Crippen molar-refractivity contribution < 1.29 is 4.74 Å². The molecule has 2 aromatic carbocycles. The molecule has 0 aromatic heterocycles. The van der Waals surface area contributed by atoms with E-state index in [9.17, 15) is 0 Å². The van der Waals surface area contributed by atoms with Crippen LogP contribution in [0.3, 0.4) is 0 Å². The summed E-state index contributed by atoms with van der Waals surface area (Å²) in [7, 11) is 5.75. The van der Waals surface area contributed by atoms with Crippen molar-refractivity contribution in [2.24, 2.45) is 10.7 Å². The van der Waals surface area contributed by atoms with Crippen LogP contribution in [-0.2, 0) is 6.42 Å². The van der Waals surface area contributed by atoms with Crippen molar-refractivity contribution in [1.29, 1.82) is 0 Å². The Morgan fingerprint density at radius 3 is 2.64 bits per heavy atom. The normalized spacial score (nSPS) is 12.9. The van der Waals surface area contributed by atoms with Crippen molar-refractivity contribution in [3.8, 4) is 5.75 Å². The Morgan fingerprint density at radius 2 is 1.96 bits per heavy atom. The molecule has 25 heavy (non-hydrogen) atoms.